The van der Waals surface area contributed by atoms with Gasteiger partial charge in [-0.2, -0.15) is 10.2 Å². The molecule has 0 aromatic carbocycles. The van der Waals surface area contributed by atoms with Gasteiger partial charge in [-0.05, 0) is 31.4 Å². The fourth-order valence-electron chi connectivity index (χ4n) is 2.99. The van der Waals surface area contributed by atoms with Gasteiger partial charge in [-0.3, -0.25) is 9.36 Å². The maximum atomic E-state index is 4.74. The first-order valence-corrected chi connectivity index (χ1v) is 10.5. The van der Waals surface area contributed by atoms with E-state index in [1.54, 1.807) is 22.7 Å². The van der Waals surface area contributed by atoms with E-state index < -0.39 is 0 Å². The lowest BCUT2D eigenvalue weighted by Crippen LogP contribution is -2.00. The highest BCUT2D eigenvalue weighted by Crippen LogP contribution is 2.32. The summed E-state index contributed by atoms with van der Waals surface area (Å²) in [6.07, 6.45) is 5.10. The number of hydrogen-bond acceptors (Lipinski definition) is 6. The predicted molar refractivity (Wildman–Crippen MR) is 111 cm³/mol. The van der Waals surface area contributed by atoms with Crippen LogP contribution < -0.4 is 5.32 Å². The van der Waals surface area contributed by atoms with Gasteiger partial charge in [-0.15, -0.1) is 11.3 Å². The van der Waals surface area contributed by atoms with Crippen LogP contribution in [0.2, 0.25) is 0 Å². The van der Waals surface area contributed by atoms with Crippen LogP contribution in [0.1, 0.15) is 21.8 Å². The van der Waals surface area contributed by atoms with E-state index in [0.29, 0.717) is 0 Å². The van der Waals surface area contributed by atoms with Crippen molar-refractivity contribution in [3.05, 3.63) is 57.8 Å². The summed E-state index contributed by atoms with van der Waals surface area (Å²) in [7, 11) is 1.94. The molecule has 0 fully saturated rings. The van der Waals surface area contributed by atoms with E-state index in [2.05, 4.69) is 39.0 Å². The molecule has 0 bridgehead atoms. The van der Waals surface area contributed by atoms with Crippen LogP contribution in [0.25, 0.3) is 10.6 Å². The lowest BCUT2D eigenvalue weighted by molar-refractivity contribution is 0.620. The number of anilines is 1. The van der Waals surface area contributed by atoms with Gasteiger partial charge >= 0.3 is 0 Å². The minimum absolute atomic E-state index is 0.724. The quantitative estimate of drug-likeness (QED) is 0.505. The van der Waals surface area contributed by atoms with Crippen molar-refractivity contribution in [3.8, 4) is 10.6 Å². The average Bonchev–Trinajstić information content (AvgIpc) is 3.39. The van der Waals surface area contributed by atoms with E-state index in [-0.39, 0.29) is 0 Å². The molecule has 4 heterocycles. The molecule has 1 N–H and O–H groups in total. The Morgan fingerprint density at radius 3 is 2.78 bits per heavy atom. The van der Waals surface area contributed by atoms with Gasteiger partial charge in [0.2, 0.25) is 0 Å². The molecular weight excluding hydrogens is 376 g/mol. The SMILES string of the molecule is Cc1nn(C)cc1CNc1nc(C)c(-c2ccn(CCc3cccs3)n2)s1. The zero-order valence-corrected chi connectivity index (χ0v) is 17.3. The van der Waals surface area contributed by atoms with Crippen LogP contribution in [0.5, 0.6) is 0 Å². The van der Waals surface area contributed by atoms with Gasteiger partial charge in [0.15, 0.2) is 5.13 Å². The minimum atomic E-state index is 0.724. The van der Waals surface area contributed by atoms with Crippen molar-refractivity contribution >= 4 is 27.8 Å². The van der Waals surface area contributed by atoms with Gasteiger partial charge in [0, 0.05) is 49.4 Å². The van der Waals surface area contributed by atoms with Crippen molar-refractivity contribution in [1.82, 2.24) is 24.5 Å². The van der Waals surface area contributed by atoms with Crippen LogP contribution in [0.15, 0.2) is 36.0 Å². The highest BCUT2D eigenvalue weighted by atomic mass is 32.1. The number of nitrogens with one attached hydrogen (secondary N) is 1. The summed E-state index contributed by atoms with van der Waals surface area (Å²) in [5, 5.41) is 15.6. The van der Waals surface area contributed by atoms with Crippen LogP contribution in [-0.4, -0.2) is 24.5 Å². The molecule has 0 spiro atoms. The van der Waals surface area contributed by atoms with Gasteiger partial charge in [0.05, 0.1) is 16.3 Å². The van der Waals surface area contributed by atoms with Crippen LogP contribution in [0, 0.1) is 13.8 Å². The van der Waals surface area contributed by atoms with E-state index in [9.17, 15) is 0 Å². The third kappa shape index (κ3) is 4.12. The summed E-state index contributed by atoms with van der Waals surface area (Å²) in [5.74, 6) is 0. The van der Waals surface area contributed by atoms with E-state index in [1.807, 2.05) is 42.7 Å². The molecule has 0 atom stereocenters. The molecule has 4 aromatic heterocycles. The summed E-state index contributed by atoms with van der Waals surface area (Å²) in [6, 6.07) is 6.34. The largest absolute Gasteiger partial charge is 0.357 e. The molecule has 0 aliphatic carbocycles. The Morgan fingerprint density at radius 2 is 2.04 bits per heavy atom. The maximum Gasteiger partial charge on any atom is 0.183 e. The number of aryl methyl sites for hydroxylation is 5. The summed E-state index contributed by atoms with van der Waals surface area (Å²) < 4.78 is 3.86. The second-order valence-electron chi connectivity index (χ2n) is 6.49. The van der Waals surface area contributed by atoms with E-state index in [0.717, 1.165) is 46.6 Å². The molecule has 0 saturated carbocycles. The zero-order valence-electron chi connectivity index (χ0n) is 15.6. The molecule has 8 heteroatoms. The fraction of sp³-hybridized carbons (Fsp3) is 0.316. The third-order valence-corrected chi connectivity index (χ3v) is 6.46. The molecule has 0 saturated heterocycles. The average molecular weight is 399 g/mol. The lowest BCUT2D eigenvalue weighted by atomic mass is 10.3. The van der Waals surface area contributed by atoms with E-state index in [1.165, 1.54) is 10.4 Å². The zero-order chi connectivity index (χ0) is 18.8. The summed E-state index contributed by atoms with van der Waals surface area (Å²) in [5.41, 5.74) is 4.23. The Morgan fingerprint density at radius 1 is 1.15 bits per heavy atom. The fourth-order valence-corrected chi connectivity index (χ4v) is 4.61. The number of thiazole rings is 1. The number of rotatable bonds is 7. The highest BCUT2D eigenvalue weighted by molar-refractivity contribution is 7.19. The van der Waals surface area contributed by atoms with Gasteiger partial charge < -0.3 is 5.32 Å². The van der Waals surface area contributed by atoms with Gasteiger partial charge in [0.1, 0.15) is 5.69 Å². The van der Waals surface area contributed by atoms with Crippen molar-refractivity contribution in [2.75, 3.05) is 5.32 Å². The Kier molecular flexibility index (Phi) is 5.09. The van der Waals surface area contributed by atoms with Crippen LogP contribution in [0.3, 0.4) is 0 Å². The Hall–Kier alpha value is -2.45. The molecule has 0 aliphatic heterocycles. The van der Waals surface area contributed by atoms with Crippen LogP contribution in [0.4, 0.5) is 5.13 Å². The molecule has 0 unspecified atom stereocenters. The van der Waals surface area contributed by atoms with Gasteiger partial charge in [0.25, 0.3) is 0 Å². The van der Waals surface area contributed by atoms with Gasteiger partial charge in [-0.25, -0.2) is 4.98 Å². The normalized spacial score (nSPS) is 11.2. The summed E-state index contributed by atoms with van der Waals surface area (Å²) in [6.45, 7) is 5.68. The molecule has 27 heavy (non-hydrogen) atoms. The molecular formula is C19H22N6S2. The van der Waals surface area contributed by atoms with Crippen LogP contribution >= 0.6 is 22.7 Å². The number of aromatic nitrogens is 5. The topological polar surface area (TPSA) is 60.6 Å². The first kappa shape index (κ1) is 17.9. The summed E-state index contributed by atoms with van der Waals surface area (Å²) >= 11 is 3.44. The van der Waals surface area contributed by atoms with E-state index >= 15 is 0 Å². The predicted octanol–water partition coefficient (Wildman–Crippen LogP) is 4.27. The van der Waals surface area contributed by atoms with Gasteiger partial charge in [-0.1, -0.05) is 17.4 Å². The molecule has 140 valence electrons. The van der Waals surface area contributed by atoms with Crippen molar-refractivity contribution in [3.63, 3.8) is 0 Å². The maximum absolute atomic E-state index is 4.74. The van der Waals surface area contributed by atoms with Crippen molar-refractivity contribution < 1.29 is 0 Å². The molecule has 0 aliphatic rings. The van der Waals surface area contributed by atoms with Crippen molar-refractivity contribution in [2.24, 2.45) is 7.05 Å². The molecule has 0 radical (unpaired) electrons. The number of thiophene rings is 1. The molecule has 6 nitrogen and oxygen atoms in total. The second kappa shape index (κ2) is 7.66. The smallest absolute Gasteiger partial charge is 0.183 e. The first-order valence-electron chi connectivity index (χ1n) is 8.85. The highest BCUT2D eigenvalue weighted by Gasteiger charge is 2.13. The first-order chi connectivity index (χ1) is 13.1. The molecule has 4 rings (SSSR count). The summed E-state index contributed by atoms with van der Waals surface area (Å²) in [4.78, 5) is 7.17. The van der Waals surface area contributed by atoms with E-state index in [4.69, 9.17) is 5.10 Å². The third-order valence-electron chi connectivity index (χ3n) is 4.38. The monoisotopic (exact) mass is 398 g/mol. The Bertz CT molecular complexity index is 1020. The second-order valence-corrected chi connectivity index (χ2v) is 8.53. The van der Waals surface area contributed by atoms with Crippen LogP contribution in [-0.2, 0) is 26.6 Å². The Balaban J connectivity index is 1.42. The Labute approximate surface area is 166 Å². The molecule has 4 aromatic rings. The number of nitrogens with zero attached hydrogens (tertiary/aromatic N) is 5. The minimum Gasteiger partial charge on any atom is -0.357 e. The lowest BCUT2D eigenvalue weighted by Gasteiger charge is -2.00. The van der Waals surface area contributed by atoms with Crippen molar-refractivity contribution in [2.45, 2.75) is 33.4 Å². The standard InChI is InChI=1S/C19H22N6S2/c1-13-15(12-24(3)22-13)11-20-19-21-14(2)18(27-19)17-7-9-25(23-17)8-6-16-5-4-10-26-16/h4-5,7,9-10,12H,6,8,11H2,1-3H3,(H,20,21). The van der Waals surface area contributed by atoms with Crippen molar-refractivity contribution in [1.29, 1.82) is 0 Å². The molecule has 0 amide bonds. The number of hydrogen-bond donors (Lipinski definition) is 1.